The number of hydrogen-bond acceptors (Lipinski definition) is 3. The second-order valence-electron chi connectivity index (χ2n) is 4.25. The van der Waals surface area contributed by atoms with Gasteiger partial charge in [-0.2, -0.15) is 0 Å². The van der Waals surface area contributed by atoms with Gasteiger partial charge in [-0.15, -0.1) is 0 Å². The molecule has 1 fully saturated rings. The largest absolute Gasteiger partial charge is 0.343 e. The highest BCUT2D eigenvalue weighted by Crippen LogP contribution is 2.37. The van der Waals surface area contributed by atoms with E-state index in [1.54, 1.807) is 0 Å². The second-order valence-corrected chi connectivity index (χ2v) is 6.09. The van der Waals surface area contributed by atoms with Crippen molar-refractivity contribution in [1.29, 1.82) is 0 Å². The standard InChI is InChI=1S/C9H21N2O3P/c10-9(15(12,13)14)7-11-8-5-3-1-2-4-6-8/h8-9,11H,1-7,10H2,(H2,12,13,14)/t9-/m1/s1. The molecule has 1 rings (SSSR count). The zero-order valence-corrected chi connectivity index (χ0v) is 9.83. The molecule has 6 heteroatoms. The van der Waals surface area contributed by atoms with Crippen molar-refractivity contribution in [3.8, 4) is 0 Å². The Kier molecular flexibility index (Phi) is 5.23. The van der Waals surface area contributed by atoms with Gasteiger partial charge in [0.1, 0.15) is 5.78 Å². The van der Waals surface area contributed by atoms with Gasteiger partial charge in [0.15, 0.2) is 0 Å². The van der Waals surface area contributed by atoms with E-state index in [9.17, 15) is 4.57 Å². The summed E-state index contributed by atoms with van der Waals surface area (Å²) < 4.78 is 10.8. The van der Waals surface area contributed by atoms with E-state index in [4.69, 9.17) is 15.5 Å². The number of rotatable bonds is 4. The Balaban J connectivity index is 2.26. The fraction of sp³-hybridized carbons (Fsp3) is 1.00. The SMILES string of the molecule is N[C@@H](CNC1CCCCCC1)P(=O)(O)O. The molecule has 0 heterocycles. The van der Waals surface area contributed by atoms with Crippen LogP contribution in [0.25, 0.3) is 0 Å². The molecule has 5 N–H and O–H groups in total. The summed E-state index contributed by atoms with van der Waals surface area (Å²) in [6, 6.07) is 0.380. The molecule has 0 bridgehead atoms. The third kappa shape index (κ3) is 5.09. The molecular formula is C9H21N2O3P. The monoisotopic (exact) mass is 236 g/mol. The van der Waals surface area contributed by atoms with E-state index in [0.29, 0.717) is 6.04 Å². The maximum absolute atomic E-state index is 10.8. The summed E-state index contributed by atoms with van der Waals surface area (Å²) in [6.45, 7) is 0.203. The Hall–Kier alpha value is 0.0700. The van der Waals surface area contributed by atoms with Crippen LogP contribution in [0.4, 0.5) is 0 Å². The van der Waals surface area contributed by atoms with Gasteiger partial charge in [0.2, 0.25) is 0 Å². The van der Waals surface area contributed by atoms with Gasteiger partial charge in [0.05, 0.1) is 0 Å². The van der Waals surface area contributed by atoms with Crippen molar-refractivity contribution in [1.82, 2.24) is 5.32 Å². The van der Waals surface area contributed by atoms with E-state index in [1.807, 2.05) is 0 Å². The molecule has 0 spiro atoms. The number of nitrogens with two attached hydrogens (primary N) is 1. The Bertz CT molecular complexity index is 223. The van der Waals surface area contributed by atoms with Gasteiger partial charge in [0, 0.05) is 12.6 Å². The highest BCUT2D eigenvalue weighted by atomic mass is 31.2. The van der Waals surface area contributed by atoms with Crippen LogP contribution in [-0.4, -0.2) is 28.2 Å². The first-order valence-electron chi connectivity index (χ1n) is 5.54. The van der Waals surface area contributed by atoms with E-state index >= 15 is 0 Å². The Morgan fingerprint density at radius 1 is 1.27 bits per heavy atom. The molecule has 0 aromatic carbocycles. The first-order chi connectivity index (χ1) is 7.00. The van der Waals surface area contributed by atoms with E-state index in [2.05, 4.69) is 5.32 Å². The quantitative estimate of drug-likeness (QED) is 0.427. The predicted octanol–water partition coefficient (Wildman–Crippen LogP) is 0.761. The molecule has 5 nitrogen and oxygen atoms in total. The summed E-state index contributed by atoms with van der Waals surface area (Å²) in [5, 5.41) is 3.15. The van der Waals surface area contributed by atoms with Crippen LogP contribution in [-0.2, 0) is 4.57 Å². The van der Waals surface area contributed by atoms with Gasteiger partial charge in [-0.25, -0.2) is 0 Å². The van der Waals surface area contributed by atoms with Crippen molar-refractivity contribution in [2.75, 3.05) is 6.54 Å². The fourth-order valence-electron chi connectivity index (χ4n) is 1.89. The van der Waals surface area contributed by atoms with Crippen LogP contribution >= 0.6 is 7.60 Å². The zero-order valence-electron chi connectivity index (χ0n) is 8.93. The van der Waals surface area contributed by atoms with Crippen molar-refractivity contribution in [2.24, 2.45) is 5.73 Å². The molecule has 1 aliphatic rings. The summed E-state index contributed by atoms with van der Waals surface area (Å²) in [4.78, 5) is 17.6. The average molecular weight is 236 g/mol. The lowest BCUT2D eigenvalue weighted by molar-refractivity contribution is 0.350. The van der Waals surface area contributed by atoms with Gasteiger partial charge < -0.3 is 20.8 Å². The fourth-order valence-corrected chi connectivity index (χ4v) is 2.23. The zero-order chi connectivity index (χ0) is 11.3. The molecule has 0 aromatic heterocycles. The van der Waals surface area contributed by atoms with Crippen molar-refractivity contribution < 1.29 is 14.4 Å². The third-order valence-electron chi connectivity index (χ3n) is 2.90. The molecule has 1 saturated carbocycles. The second kappa shape index (κ2) is 5.97. The summed E-state index contributed by atoms with van der Waals surface area (Å²) in [6.07, 6.45) is 7.11. The Morgan fingerprint density at radius 3 is 2.27 bits per heavy atom. The molecule has 1 atom stereocenters. The van der Waals surface area contributed by atoms with Crippen molar-refractivity contribution >= 4 is 7.60 Å². The number of hydrogen-bond donors (Lipinski definition) is 4. The minimum Gasteiger partial charge on any atom is -0.323 e. The average Bonchev–Trinajstić information content (AvgIpc) is 2.40. The molecule has 0 unspecified atom stereocenters. The van der Waals surface area contributed by atoms with Crippen LogP contribution in [0.2, 0.25) is 0 Å². The molecule has 90 valence electrons. The van der Waals surface area contributed by atoms with E-state index in [1.165, 1.54) is 25.7 Å². The van der Waals surface area contributed by atoms with Crippen molar-refractivity contribution in [3.05, 3.63) is 0 Å². The van der Waals surface area contributed by atoms with Crippen LogP contribution in [0.1, 0.15) is 38.5 Å². The van der Waals surface area contributed by atoms with Gasteiger partial charge >= 0.3 is 7.60 Å². The van der Waals surface area contributed by atoms with E-state index in [-0.39, 0.29) is 6.54 Å². The van der Waals surface area contributed by atoms with E-state index in [0.717, 1.165) is 12.8 Å². The molecule has 0 radical (unpaired) electrons. The normalized spacial score (nSPS) is 22.3. The minimum absolute atomic E-state index is 0.203. The van der Waals surface area contributed by atoms with Gasteiger partial charge in [0.25, 0.3) is 0 Å². The molecule has 0 aromatic rings. The minimum atomic E-state index is -4.12. The molecule has 1 aliphatic carbocycles. The highest BCUT2D eigenvalue weighted by molar-refractivity contribution is 7.52. The molecule has 15 heavy (non-hydrogen) atoms. The summed E-state index contributed by atoms with van der Waals surface area (Å²) in [7, 11) is -4.12. The molecular weight excluding hydrogens is 215 g/mol. The maximum atomic E-state index is 10.8. The van der Waals surface area contributed by atoms with Crippen LogP contribution < -0.4 is 11.1 Å². The lowest BCUT2D eigenvalue weighted by Gasteiger charge is -2.20. The van der Waals surface area contributed by atoms with Crippen LogP contribution in [0.5, 0.6) is 0 Å². The summed E-state index contributed by atoms with van der Waals surface area (Å²) in [5.74, 6) is -1.07. The first-order valence-corrected chi connectivity index (χ1v) is 7.22. The van der Waals surface area contributed by atoms with E-state index < -0.39 is 13.4 Å². The van der Waals surface area contributed by atoms with Gasteiger partial charge in [-0.1, -0.05) is 25.7 Å². The summed E-state index contributed by atoms with van der Waals surface area (Å²) in [5.41, 5.74) is 5.38. The maximum Gasteiger partial charge on any atom is 0.343 e. The summed E-state index contributed by atoms with van der Waals surface area (Å²) >= 11 is 0. The highest BCUT2D eigenvalue weighted by Gasteiger charge is 2.25. The molecule has 0 aliphatic heterocycles. The number of nitrogens with one attached hydrogen (secondary N) is 1. The van der Waals surface area contributed by atoms with Crippen molar-refractivity contribution in [3.63, 3.8) is 0 Å². The van der Waals surface area contributed by atoms with Gasteiger partial charge in [-0.05, 0) is 12.8 Å². The first kappa shape index (κ1) is 13.1. The smallest absolute Gasteiger partial charge is 0.323 e. The lowest BCUT2D eigenvalue weighted by atomic mass is 10.1. The molecule has 0 amide bonds. The van der Waals surface area contributed by atoms with Crippen molar-refractivity contribution in [2.45, 2.75) is 50.3 Å². The molecule has 0 saturated heterocycles. The Labute approximate surface area is 90.6 Å². The van der Waals surface area contributed by atoms with Crippen LogP contribution in [0, 0.1) is 0 Å². The van der Waals surface area contributed by atoms with Crippen LogP contribution in [0.3, 0.4) is 0 Å². The van der Waals surface area contributed by atoms with Crippen LogP contribution in [0.15, 0.2) is 0 Å². The van der Waals surface area contributed by atoms with Gasteiger partial charge in [-0.3, -0.25) is 4.57 Å². The Morgan fingerprint density at radius 2 is 1.80 bits per heavy atom. The lowest BCUT2D eigenvalue weighted by Crippen LogP contribution is -2.39. The topological polar surface area (TPSA) is 95.6 Å². The third-order valence-corrected chi connectivity index (χ3v) is 3.95. The predicted molar refractivity (Wildman–Crippen MR) is 59.5 cm³/mol.